The molecule has 5 nitrogen and oxygen atoms in total. The average Bonchev–Trinajstić information content (AvgIpc) is 2.75. The number of primary amides is 1. The first-order valence-corrected chi connectivity index (χ1v) is 8.04. The predicted octanol–water partition coefficient (Wildman–Crippen LogP) is 1.61. The molecule has 1 aromatic heterocycles. The number of nitrogens with one attached hydrogen (secondary N) is 2. The normalized spacial score (nSPS) is 22.2. The third-order valence-corrected chi connectivity index (χ3v) is 4.45. The summed E-state index contributed by atoms with van der Waals surface area (Å²) < 4.78 is 0. The summed E-state index contributed by atoms with van der Waals surface area (Å²) in [6.07, 6.45) is 7.87. The van der Waals surface area contributed by atoms with Gasteiger partial charge in [0.2, 0.25) is 0 Å². The molecule has 0 spiro atoms. The molecule has 4 N–H and O–H groups in total. The van der Waals surface area contributed by atoms with Gasteiger partial charge in [-0.05, 0) is 56.7 Å². The van der Waals surface area contributed by atoms with Gasteiger partial charge in [0.25, 0.3) is 5.91 Å². The maximum absolute atomic E-state index is 11.7. The van der Waals surface area contributed by atoms with Crippen molar-refractivity contribution in [1.29, 1.82) is 0 Å². The van der Waals surface area contributed by atoms with Crippen LogP contribution in [0.1, 0.15) is 53.7 Å². The number of carbonyl (C=O) groups excluding carboxylic acids is 1. The van der Waals surface area contributed by atoms with Crippen molar-refractivity contribution in [3.05, 3.63) is 22.9 Å². The van der Waals surface area contributed by atoms with Crippen molar-refractivity contribution in [2.24, 2.45) is 5.73 Å². The first-order valence-electron chi connectivity index (χ1n) is 8.04. The predicted molar refractivity (Wildman–Crippen MR) is 83.5 cm³/mol. The molecule has 1 fully saturated rings. The van der Waals surface area contributed by atoms with Crippen molar-refractivity contribution in [2.45, 2.75) is 51.0 Å². The lowest BCUT2D eigenvalue weighted by atomic mass is 9.94. The molecular formula is C16H24N4O. The van der Waals surface area contributed by atoms with E-state index >= 15 is 0 Å². The van der Waals surface area contributed by atoms with Crippen LogP contribution in [-0.2, 0) is 12.8 Å². The summed E-state index contributed by atoms with van der Waals surface area (Å²) in [7, 11) is 0. The molecule has 3 rings (SSSR count). The van der Waals surface area contributed by atoms with Gasteiger partial charge in [-0.1, -0.05) is 6.42 Å². The molecule has 1 amide bonds. The zero-order valence-corrected chi connectivity index (χ0v) is 12.5. The van der Waals surface area contributed by atoms with Gasteiger partial charge in [0, 0.05) is 18.3 Å². The highest BCUT2D eigenvalue weighted by Crippen LogP contribution is 2.25. The molecule has 5 heteroatoms. The van der Waals surface area contributed by atoms with Crippen LogP contribution in [0.15, 0.2) is 6.07 Å². The fourth-order valence-electron chi connectivity index (χ4n) is 3.27. The van der Waals surface area contributed by atoms with Crippen molar-refractivity contribution in [1.82, 2.24) is 10.3 Å². The van der Waals surface area contributed by atoms with Crippen molar-refractivity contribution in [3.8, 4) is 0 Å². The van der Waals surface area contributed by atoms with Crippen LogP contribution >= 0.6 is 0 Å². The van der Waals surface area contributed by atoms with E-state index in [0.717, 1.165) is 38.0 Å². The van der Waals surface area contributed by atoms with E-state index in [9.17, 15) is 4.79 Å². The summed E-state index contributed by atoms with van der Waals surface area (Å²) in [5, 5.41) is 6.87. The van der Waals surface area contributed by atoms with E-state index in [2.05, 4.69) is 10.6 Å². The maximum Gasteiger partial charge on any atom is 0.252 e. The number of aryl methyl sites for hydroxylation is 2. The summed E-state index contributed by atoms with van der Waals surface area (Å²) in [6.45, 7) is 1.98. The van der Waals surface area contributed by atoms with Crippen LogP contribution in [0.2, 0.25) is 0 Å². The Labute approximate surface area is 125 Å². The molecule has 21 heavy (non-hydrogen) atoms. The number of pyridine rings is 1. The van der Waals surface area contributed by atoms with Crippen LogP contribution in [0.4, 0.5) is 5.82 Å². The molecule has 1 atom stereocenters. The number of aromatic nitrogens is 1. The lowest BCUT2D eigenvalue weighted by molar-refractivity contribution is 0.100. The van der Waals surface area contributed by atoms with E-state index in [1.807, 2.05) is 6.07 Å². The maximum atomic E-state index is 11.7. The molecule has 1 aliphatic heterocycles. The molecule has 2 aliphatic rings. The van der Waals surface area contributed by atoms with E-state index in [-0.39, 0.29) is 5.91 Å². The summed E-state index contributed by atoms with van der Waals surface area (Å²) >= 11 is 0. The Kier molecular flexibility index (Phi) is 4.39. The minimum Gasteiger partial charge on any atom is -0.365 e. The Bertz CT molecular complexity index is 521. The van der Waals surface area contributed by atoms with Crippen molar-refractivity contribution in [3.63, 3.8) is 0 Å². The zero-order chi connectivity index (χ0) is 14.7. The molecular weight excluding hydrogens is 264 g/mol. The molecule has 0 aromatic carbocycles. The topological polar surface area (TPSA) is 80.0 Å². The Morgan fingerprint density at radius 2 is 2.14 bits per heavy atom. The van der Waals surface area contributed by atoms with Crippen LogP contribution in [0.5, 0.6) is 0 Å². The van der Waals surface area contributed by atoms with Gasteiger partial charge >= 0.3 is 0 Å². The number of nitrogens with zero attached hydrogens (tertiary/aromatic N) is 1. The van der Waals surface area contributed by atoms with E-state index < -0.39 is 0 Å². The lowest BCUT2D eigenvalue weighted by Gasteiger charge is -2.22. The summed E-state index contributed by atoms with van der Waals surface area (Å²) in [5.74, 6) is 0.289. The van der Waals surface area contributed by atoms with Crippen LogP contribution < -0.4 is 16.4 Å². The number of nitrogens with two attached hydrogens (primary N) is 1. The van der Waals surface area contributed by atoms with E-state index in [4.69, 9.17) is 10.7 Å². The standard InChI is InChI=1S/C16H24N4O/c17-15(21)13-9-11-5-1-2-7-14(11)20-16(13)19-12-6-3-4-8-18-10-12/h9,12,18H,1-8,10H2,(H2,17,21)(H,19,20). The minimum absolute atomic E-state index is 0.319. The van der Waals surface area contributed by atoms with Crippen LogP contribution in [-0.4, -0.2) is 30.0 Å². The average molecular weight is 288 g/mol. The summed E-state index contributed by atoms with van der Waals surface area (Å²) in [6, 6.07) is 2.27. The molecule has 0 radical (unpaired) electrons. The number of carbonyl (C=O) groups is 1. The number of amides is 1. The van der Waals surface area contributed by atoms with Gasteiger partial charge in [-0.15, -0.1) is 0 Å². The van der Waals surface area contributed by atoms with Crippen molar-refractivity contribution >= 4 is 11.7 Å². The Hall–Kier alpha value is -1.62. The second kappa shape index (κ2) is 6.43. The summed E-state index contributed by atoms with van der Waals surface area (Å²) in [5.41, 5.74) is 8.42. The number of rotatable bonds is 3. The summed E-state index contributed by atoms with van der Waals surface area (Å²) in [4.78, 5) is 16.5. The third kappa shape index (κ3) is 3.35. The van der Waals surface area contributed by atoms with Gasteiger partial charge < -0.3 is 16.4 Å². The lowest BCUT2D eigenvalue weighted by Crippen LogP contribution is -2.32. The second-order valence-corrected chi connectivity index (χ2v) is 6.10. The quantitative estimate of drug-likeness (QED) is 0.789. The Balaban J connectivity index is 1.86. The monoisotopic (exact) mass is 288 g/mol. The van der Waals surface area contributed by atoms with Crippen LogP contribution in [0.25, 0.3) is 0 Å². The van der Waals surface area contributed by atoms with Gasteiger partial charge in [0.1, 0.15) is 5.82 Å². The Morgan fingerprint density at radius 3 is 3.00 bits per heavy atom. The van der Waals surface area contributed by atoms with E-state index in [1.54, 1.807) is 0 Å². The molecule has 114 valence electrons. The van der Waals surface area contributed by atoms with Crippen molar-refractivity contribution < 1.29 is 4.79 Å². The first kappa shape index (κ1) is 14.3. The van der Waals surface area contributed by atoms with Crippen molar-refractivity contribution in [2.75, 3.05) is 18.4 Å². The molecule has 0 saturated carbocycles. The molecule has 0 bridgehead atoms. The second-order valence-electron chi connectivity index (χ2n) is 6.10. The highest BCUT2D eigenvalue weighted by Gasteiger charge is 2.20. The first-order chi connectivity index (χ1) is 10.2. The smallest absolute Gasteiger partial charge is 0.252 e. The van der Waals surface area contributed by atoms with Gasteiger partial charge in [0.15, 0.2) is 0 Å². The molecule has 1 aromatic rings. The van der Waals surface area contributed by atoms with E-state index in [0.29, 0.717) is 17.4 Å². The third-order valence-electron chi connectivity index (χ3n) is 4.45. The van der Waals surface area contributed by atoms with E-state index in [1.165, 1.54) is 31.2 Å². The molecule has 2 heterocycles. The molecule has 1 aliphatic carbocycles. The van der Waals surface area contributed by atoms with Crippen LogP contribution in [0, 0.1) is 0 Å². The molecule has 1 unspecified atom stereocenters. The van der Waals surface area contributed by atoms with Gasteiger partial charge in [-0.2, -0.15) is 0 Å². The van der Waals surface area contributed by atoms with Crippen LogP contribution in [0.3, 0.4) is 0 Å². The molecule has 1 saturated heterocycles. The van der Waals surface area contributed by atoms with Gasteiger partial charge in [0.05, 0.1) is 5.56 Å². The minimum atomic E-state index is -0.389. The zero-order valence-electron chi connectivity index (χ0n) is 12.5. The number of fused-ring (bicyclic) bond motifs is 1. The fraction of sp³-hybridized carbons (Fsp3) is 0.625. The van der Waals surface area contributed by atoms with Gasteiger partial charge in [-0.3, -0.25) is 4.79 Å². The number of anilines is 1. The SMILES string of the molecule is NC(=O)c1cc2c(nc1NC1CCCCNC1)CCCC2. The fourth-order valence-corrected chi connectivity index (χ4v) is 3.27. The number of hydrogen-bond donors (Lipinski definition) is 3. The number of hydrogen-bond acceptors (Lipinski definition) is 4. The van der Waals surface area contributed by atoms with Gasteiger partial charge in [-0.25, -0.2) is 4.98 Å². The largest absolute Gasteiger partial charge is 0.365 e. The Morgan fingerprint density at radius 1 is 1.29 bits per heavy atom. The highest BCUT2D eigenvalue weighted by molar-refractivity contribution is 5.97. The highest BCUT2D eigenvalue weighted by atomic mass is 16.1.